The molecule has 0 amide bonds. The SMILES string of the molecule is CC1=[C-]C(C(C)C)=C(C(C)C)CC1.[Y]. The van der Waals surface area contributed by atoms with Crippen molar-refractivity contribution in [2.45, 2.75) is 47.5 Å². The van der Waals surface area contributed by atoms with E-state index >= 15 is 0 Å². The molecule has 77 valence electrons. The van der Waals surface area contributed by atoms with E-state index in [0.717, 1.165) is 0 Å². The molecule has 0 aromatic rings. The van der Waals surface area contributed by atoms with E-state index in [9.17, 15) is 0 Å². The molecular weight excluding hydrogens is 245 g/mol. The Balaban J connectivity index is 0.00000169. The van der Waals surface area contributed by atoms with Gasteiger partial charge in [0.1, 0.15) is 0 Å². The normalized spacial score (nSPS) is 17.2. The van der Waals surface area contributed by atoms with Crippen molar-refractivity contribution in [1.29, 1.82) is 0 Å². The first-order chi connectivity index (χ1) is 6.02. The molecule has 0 bridgehead atoms. The standard InChI is InChI=1S/C13H21.Y/c1-9(2)12-7-6-11(5)8-13(12)10(3)4;/h9-10H,6-7H2,1-5H3;/q-1;. The Morgan fingerprint density at radius 2 is 1.57 bits per heavy atom. The minimum atomic E-state index is 0. The average molecular weight is 266 g/mol. The van der Waals surface area contributed by atoms with Crippen LogP contribution in [0.2, 0.25) is 0 Å². The molecule has 0 atom stereocenters. The molecule has 0 aromatic heterocycles. The third kappa shape index (κ3) is 3.62. The predicted octanol–water partition coefficient (Wildman–Crippen LogP) is 4.14. The fourth-order valence-electron chi connectivity index (χ4n) is 1.94. The van der Waals surface area contributed by atoms with Gasteiger partial charge in [-0.05, 0) is 0 Å². The van der Waals surface area contributed by atoms with E-state index in [-0.39, 0.29) is 32.7 Å². The number of rotatable bonds is 2. The van der Waals surface area contributed by atoms with Crippen molar-refractivity contribution in [3.05, 3.63) is 22.8 Å². The van der Waals surface area contributed by atoms with Crippen molar-refractivity contribution >= 4 is 0 Å². The van der Waals surface area contributed by atoms with Gasteiger partial charge in [0.05, 0.1) is 0 Å². The van der Waals surface area contributed by atoms with Crippen molar-refractivity contribution in [2.24, 2.45) is 11.8 Å². The van der Waals surface area contributed by atoms with Gasteiger partial charge in [-0.15, -0.1) is 0 Å². The maximum absolute atomic E-state index is 3.54. The molecule has 0 aromatic carbocycles. The van der Waals surface area contributed by atoms with Crippen LogP contribution in [0.5, 0.6) is 0 Å². The van der Waals surface area contributed by atoms with Crippen molar-refractivity contribution in [2.75, 3.05) is 0 Å². The quantitative estimate of drug-likeness (QED) is 0.659. The molecule has 1 rings (SSSR count). The van der Waals surface area contributed by atoms with Gasteiger partial charge in [-0.25, -0.2) is 17.2 Å². The summed E-state index contributed by atoms with van der Waals surface area (Å²) in [5, 5.41) is 0. The first-order valence-corrected chi connectivity index (χ1v) is 5.34. The maximum Gasteiger partial charge on any atom is 0 e. The van der Waals surface area contributed by atoms with Crippen LogP contribution in [0.3, 0.4) is 0 Å². The molecule has 0 fully saturated rings. The fraction of sp³-hybridized carbons (Fsp3) is 0.692. The largest absolute Gasteiger partial charge is 0.248 e. The molecular formula is C13H21Y-. The van der Waals surface area contributed by atoms with Crippen molar-refractivity contribution in [1.82, 2.24) is 0 Å². The second-order valence-corrected chi connectivity index (χ2v) is 4.65. The third-order valence-electron chi connectivity index (χ3n) is 2.74. The molecule has 0 spiro atoms. The minimum absolute atomic E-state index is 0. The van der Waals surface area contributed by atoms with Crippen LogP contribution in [-0.4, -0.2) is 0 Å². The summed E-state index contributed by atoms with van der Waals surface area (Å²) in [5.74, 6) is 1.32. The smallest absolute Gasteiger partial charge is 0 e. The van der Waals surface area contributed by atoms with Crippen molar-refractivity contribution in [3.63, 3.8) is 0 Å². The van der Waals surface area contributed by atoms with Gasteiger partial charge >= 0.3 is 0 Å². The van der Waals surface area contributed by atoms with Crippen LogP contribution in [0.25, 0.3) is 0 Å². The molecule has 0 aliphatic heterocycles. The zero-order valence-corrected chi connectivity index (χ0v) is 13.0. The van der Waals surface area contributed by atoms with Crippen LogP contribution in [-0.2, 0) is 32.7 Å². The number of hydrogen-bond donors (Lipinski definition) is 0. The van der Waals surface area contributed by atoms with Crippen LogP contribution in [0.1, 0.15) is 47.5 Å². The first-order valence-electron chi connectivity index (χ1n) is 5.34. The average Bonchev–Trinajstić information content (AvgIpc) is 2.03. The van der Waals surface area contributed by atoms with Crippen LogP contribution in [0.15, 0.2) is 16.7 Å². The first kappa shape index (κ1) is 14.6. The van der Waals surface area contributed by atoms with Gasteiger partial charge < -0.3 is 0 Å². The third-order valence-corrected chi connectivity index (χ3v) is 2.74. The summed E-state index contributed by atoms with van der Waals surface area (Å²) in [5.41, 5.74) is 4.52. The van der Waals surface area contributed by atoms with Gasteiger partial charge in [0, 0.05) is 32.7 Å². The number of allylic oxidation sites excluding steroid dienone is 4. The van der Waals surface area contributed by atoms with Crippen LogP contribution >= 0.6 is 0 Å². The van der Waals surface area contributed by atoms with Gasteiger partial charge in [-0.1, -0.05) is 59.3 Å². The molecule has 0 N–H and O–H groups in total. The summed E-state index contributed by atoms with van der Waals surface area (Å²) < 4.78 is 0. The molecule has 1 aliphatic rings. The Hall–Kier alpha value is 0.584. The van der Waals surface area contributed by atoms with E-state index in [1.807, 2.05) is 0 Å². The summed E-state index contributed by atoms with van der Waals surface area (Å²) in [7, 11) is 0. The Kier molecular flexibility index (Phi) is 6.49. The van der Waals surface area contributed by atoms with E-state index < -0.39 is 0 Å². The molecule has 1 aliphatic carbocycles. The number of hydrogen-bond acceptors (Lipinski definition) is 0. The Morgan fingerprint density at radius 3 is 2.00 bits per heavy atom. The summed E-state index contributed by atoms with van der Waals surface area (Å²) >= 11 is 0. The Bertz CT molecular complexity index is 244. The van der Waals surface area contributed by atoms with Gasteiger partial charge in [0.2, 0.25) is 0 Å². The van der Waals surface area contributed by atoms with Gasteiger partial charge in [-0.3, -0.25) is 0 Å². The molecule has 0 saturated heterocycles. The minimum Gasteiger partial charge on any atom is -0.248 e. The Morgan fingerprint density at radius 1 is 1.00 bits per heavy atom. The summed E-state index contributed by atoms with van der Waals surface area (Å²) in [6, 6.07) is 0. The maximum atomic E-state index is 3.54. The van der Waals surface area contributed by atoms with E-state index in [4.69, 9.17) is 0 Å². The predicted molar refractivity (Wildman–Crippen MR) is 58.4 cm³/mol. The molecule has 0 saturated carbocycles. The summed E-state index contributed by atoms with van der Waals surface area (Å²) in [6.07, 6.45) is 6.01. The van der Waals surface area contributed by atoms with Crippen LogP contribution < -0.4 is 0 Å². The second kappa shape index (κ2) is 6.23. The monoisotopic (exact) mass is 266 g/mol. The summed E-state index contributed by atoms with van der Waals surface area (Å²) in [6.45, 7) is 11.3. The van der Waals surface area contributed by atoms with Crippen molar-refractivity contribution < 1.29 is 32.7 Å². The van der Waals surface area contributed by atoms with Gasteiger partial charge in [0.25, 0.3) is 0 Å². The van der Waals surface area contributed by atoms with E-state index in [1.165, 1.54) is 24.0 Å². The fourth-order valence-corrected chi connectivity index (χ4v) is 1.94. The van der Waals surface area contributed by atoms with Gasteiger partial charge in [0.15, 0.2) is 0 Å². The second-order valence-electron chi connectivity index (χ2n) is 4.65. The van der Waals surface area contributed by atoms with E-state index in [1.54, 1.807) is 5.57 Å². The zero-order valence-electron chi connectivity index (χ0n) is 10.1. The topological polar surface area (TPSA) is 0 Å². The van der Waals surface area contributed by atoms with Crippen LogP contribution in [0, 0.1) is 17.9 Å². The van der Waals surface area contributed by atoms with E-state index in [2.05, 4.69) is 40.7 Å². The van der Waals surface area contributed by atoms with Crippen LogP contribution in [0.4, 0.5) is 0 Å². The van der Waals surface area contributed by atoms with Gasteiger partial charge in [-0.2, -0.15) is 5.57 Å². The molecule has 1 heteroatoms. The molecule has 0 heterocycles. The van der Waals surface area contributed by atoms with E-state index in [0.29, 0.717) is 11.8 Å². The molecule has 0 nitrogen and oxygen atoms in total. The molecule has 14 heavy (non-hydrogen) atoms. The Labute approximate surface area is 114 Å². The zero-order chi connectivity index (χ0) is 10.0. The summed E-state index contributed by atoms with van der Waals surface area (Å²) in [4.78, 5) is 0. The van der Waals surface area contributed by atoms with Crippen molar-refractivity contribution in [3.8, 4) is 0 Å². The molecule has 1 radical (unpaired) electrons. The molecule has 0 unspecified atom stereocenters.